The van der Waals surface area contributed by atoms with Crippen molar-refractivity contribution in [3.8, 4) is 0 Å². The van der Waals surface area contributed by atoms with Gasteiger partial charge < -0.3 is 5.32 Å². The minimum atomic E-state index is -3.43. The predicted octanol–water partition coefficient (Wildman–Crippen LogP) is 3.17. The number of carbonyl (C=O) groups excluding carboxylic acids is 1. The Bertz CT molecular complexity index is 858. The molecule has 0 saturated heterocycles. The van der Waals surface area contributed by atoms with Gasteiger partial charge >= 0.3 is 0 Å². The minimum absolute atomic E-state index is 0.0464. The summed E-state index contributed by atoms with van der Waals surface area (Å²) >= 11 is 0. The van der Waals surface area contributed by atoms with Crippen molar-refractivity contribution in [2.75, 3.05) is 18.1 Å². The van der Waals surface area contributed by atoms with Crippen LogP contribution in [0.15, 0.2) is 48.8 Å². The van der Waals surface area contributed by atoms with Crippen LogP contribution >= 0.6 is 0 Å². The SMILES string of the molecule is CC(C)(C)c1ccc(NC(=O)CCN(Cc2cccnc2)S(C)(=O)=O)cc1. The van der Waals surface area contributed by atoms with E-state index >= 15 is 0 Å². The van der Waals surface area contributed by atoms with Crippen molar-refractivity contribution in [2.24, 2.45) is 0 Å². The number of aromatic nitrogens is 1. The smallest absolute Gasteiger partial charge is 0.225 e. The monoisotopic (exact) mass is 389 g/mol. The van der Waals surface area contributed by atoms with E-state index in [-0.39, 0.29) is 30.8 Å². The molecule has 0 radical (unpaired) electrons. The molecular weight excluding hydrogens is 362 g/mol. The Hall–Kier alpha value is -2.25. The fourth-order valence-electron chi connectivity index (χ4n) is 2.56. The van der Waals surface area contributed by atoms with Crippen molar-refractivity contribution < 1.29 is 13.2 Å². The van der Waals surface area contributed by atoms with Crippen molar-refractivity contribution in [1.29, 1.82) is 0 Å². The Balaban J connectivity index is 1.95. The Morgan fingerprint density at radius 1 is 1.15 bits per heavy atom. The lowest BCUT2D eigenvalue weighted by molar-refractivity contribution is -0.116. The first kappa shape index (κ1) is 21.1. The molecule has 1 aromatic heterocycles. The Labute approximate surface area is 161 Å². The quantitative estimate of drug-likeness (QED) is 0.789. The van der Waals surface area contributed by atoms with E-state index in [1.165, 1.54) is 9.87 Å². The van der Waals surface area contributed by atoms with Crippen molar-refractivity contribution in [1.82, 2.24) is 9.29 Å². The number of pyridine rings is 1. The number of anilines is 1. The van der Waals surface area contributed by atoms with Crippen LogP contribution in [-0.4, -0.2) is 36.4 Å². The Morgan fingerprint density at radius 2 is 1.81 bits per heavy atom. The molecule has 0 spiro atoms. The van der Waals surface area contributed by atoms with E-state index in [0.29, 0.717) is 5.69 Å². The number of hydrogen-bond donors (Lipinski definition) is 1. The third kappa shape index (κ3) is 6.77. The maximum atomic E-state index is 12.2. The lowest BCUT2D eigenvalue weighted by Gasteiger charge is -2.20. The zero-order chi connectivity index (χ0) is 20.1. The van der Waals surface area contributed by atoms with Crippen molar-refractivity contribution in [3.05, 3.63) is 59.9 Å². The molecule has 6 nitrogen and oxygen atoms in total. The first-order chi connectivity index (χ1) is 12.6. The molecule has 1 amide bonds. The summed E-state index contributed by atoms with van der Waals surface area (Å²) in [5.41, 5.74) is 2.71. The molecule has 1 aromatic carbocycles. The van der Waals surface area contributed by atoms with Gasteiger partial charge in [-0.1, -0.05) is 39.0 Å². The van der Waals surface area contributed by atoms with Gasteiger partial charge in [0.1, 0.15) is 0 Å². The minimum Gasteiger partial charge on any atom is -0.326 e. The molecule has 1 heterocycles. The van der Waals surface area contributed by atoms with Crippen molar-refractivity contribution in [2.45, 2.75) is 39.2 Å². The molecule has 0 saturated carbocycles. The Morgan fingerprint density at radius 3 is 2.33 bits per heavy atom. The van der Waals surface area contributed by atoms with Crippen LogP contribution in [0.1, 0.15) is 38.3 Å². The first-order valence-corrected chi connectivity index (χ1v) is 10.6. The van der Waals surface area contributed by atoms with Crippen LogP contribution in [0.4, 0.5) is 5.69 Å². The molecule has 0 aliphatic rings. The molecule has 0 aliphatic carbocycles. The van der Waals surface area contributed by atoms with Crippen LogP contribution in [0.25, 0.3) is 0 Å². The number of amides is 1. The molecule has 0 unspecified atom stereocenters. The van der Waals surface area contributed by atoms with E-state index in [9.17, 15) is 13.2 Å². The summed E-state index contributed by atoms with van der Waals surface area (Å²) in [6.45, 7) is 6.69. The molecule has 0 bridgehead atoms. The van der Waals surface area contributed by atoms with Gasteiger partial charge in [0.15, 0.2) is 0 Å². The second kappa shape index (κ2) is 8.63. The highest BCUT2D eigenvalue weighted by molar-refractivity contribution is 7.88. The highest BCUT2D eigenvalue weighted by atomic mass is 32.2. The number of nitrogens with one attached hydrogen (secondary N) is 1. The summed E-state index contributed by atoms with van der Waals surface area (Å²) in [4.78, 5) is 16.2. The standard InChI is InChI=1S/C20H27N3O3S/c1-20(2,3)17-7-9-18(10-8-17)22-19(24)11-13-23(27(4,25)26)15-16-6-5-12-21-14-16/h5-10,12,14H,11,13,15H2,1-4H3,(H,22,24). The number of carbonyl (C=O) groups is 1. The van der Waals surface area contributed by atoms with Gasteiger partial charge in [-0.2, -0.15) is 4.31 Å². The molecule has 0 atom stereocenters. The molecule has 27 heavy (non-hydrogen) atoms. The lowest BCUT2D eigenvalue weighted by Crippen LogP contribution is -2.32. The van der Waals surface area contributed by atoms with Crippen LogP contribution in [0.5, 0.6) is 0 Å². The summed E-state index contributed by atoms with van der Waals surface area (Å²) in [6.07, 6.45) is 4.47. The fraction of sp³-hybridized carbons (Fsp3) is 0.400. The van der Waals surface area contributed by atoms with Crippen LogP contribution in [-0.2, 0) is 26.8 Å². The molecule has 0 fully saturated rings. The highest BCUT2D eigenvalue weighted by Crippen LogP contribution is 2.23. The molecule has 1 N–H and O–H groups in total. The van der Waals surface area contributed by atoms with Crippen molar-refractivity contribution in [3.63, 3.8) is 0 Å². The van der Waals surface area contributed by atoms with E-state index in [2.05, 4.69) is 31.1 Å². The number of nitrogens with zero attached hydrogens (tertiary/aromatic N) is 2. The third-order valence-corrected chi connectivity index (χ3v) is 5.42. The van der Waals surface area contributed by atoms with Crippen molar-refractivity contribution >= 4 is 21.6 Å². The van der Waals surface area contributed by atoms with Gasteiger partial charge in [-0.25, -0.2) is 8.42 Å². The Kier molecular flexibility index (Phi) is 6.73. The second-order valence-electron chi connectivity index (χ2n) is 7.58. The average molecular weight is 390 g/mol. The normalized spacial score (nSPS) is 12.2. The van der Waals surface area contributed by atoms with Gasteiger partial charge in [0.05, 0.1) is 6.26 Å². The van der Waals surface area contributed by atoms with Crippen LogP contribution in [0, 0.1) is 0 Å². The molecule has 2 aromatic rings. The predicted molar refractivity (Wildman–Crippen MR) is 108 cm³/mol. The summed E-state index contributed by atoms with van der Waals surface area (Å²) in [6, 6.07) is 11.3. The number of rotatable bonds is 7. The summed E-state index contributed by atoms with van der Waals surface area (Å²) < 4.78 is 25.3. The number of sulfonamides is 1. The van der Waals surface area contributed by atoms with Gasteiger partial charge in [0.25, 0.3) is 0 Å². The third-order valence-electron chi connectivity index (χ3n) is 4.17. The van der Waals surface area contributed by atoms with Crippen LogP contribution in [0.2, 0.25) is 0 Å². The van der Waals surface area contributed by atoms with Crippen LogP contribution < -0.4 is 5.32 Å². The largest absolute Gasteiger partial charge is 0.326 e. The topological polar surface area (TPSA) is 79.4 Å². The average Bonchev–Trinajstić information content (AvgIpc) is 2.58. The molecule has 2 rings (SSSR count). The second-order valence-corrected chi connectivity index (χ2v) is 9.57. The molecule has 146 valence electrons. The van der Waals surface area contributed by atoms with Gasteiger partial charge in [-0.3, -0.25) is 9.78 Å². The van der Waals surface area contributed by atoms with Gasteiger partial charge in [0.2, 0.25) is 15.9 Å². The maximum absolute atomic E-state index is 12.2. The summed E-state index contributed by atoms with van der Waals surface area (Å²) in [5.74, 6) is -0.224. The van der Waals surface area contributed by atoms with E-state index < -0.39 is 10.0 Å². The van der Waals surface area contributed by atoms with Gasteiger partial charge in [0, 0.05) is 37.6 Å². The molecule has 7 heteroatoms. The zero-order valence-electron chi connectivity index (χ0n) is 16.3. The first-order valence-electron chi connectivity index (χ1n) is 8.80. The van der Waals surface area contributed by atoms with E-state index in [1.54, 1.807) is 18.5 Å². The summed E-state index contributed by atoms with van der Waals surface area (Å²) in [5, 5.41) is 2.82. The summed E-state index contributed by atoms with van der Waals surface area (Å²) in [7, 11) is -3.43. The lowest BCUT2D eigenvalue weighted by atomic mass is 9.87. The maximum Gasteiger partial charge on any atom is 0.225 e. The van der Waals surface area contributed by atoms with Crippen LogP contribution in [0.3, 0.4) is 0 Å². The highest BCUT2D eigenvalue weighted by Gasteiger charge is 2.19. The fourth-order valence-corrected chi connectivity index (χ4v) is 3.37. The number of hydrogen-bond acceptors (Lipinski definition) is 4. The molecule has 0 aliphatic heterocycles. The van der Waals surface area contributed by atoms with E-state index in [0.717, 1.165) is 11.8 Å². The van der Waals surface area contributed by atoms with E-state index in [1.807, 2.05) is 30.3 Å². The number of benzene rings is 1. The van der Waals surface area contributed by atoms with Gasteiger partial charge in [-0.15, -0.1) is 0 Å². The van der Waals surface area contributed by atoms with E-state index in [4.69, 9.17) is 0 Å². The molecular formula is C20H27N3O3S. The zero-order valence-corrected chi connectivity index (χ0v) is 17.1. The van der Waals surface area contributed by atoms with Gasteiger partial charge in [-0.05, 0) is 34.7 Å².